The Balaban J connectivity index is 2.97. The fourth-order valence-electron chi connectivity index (χ4n) is 2.04. The molecule has 0 aliphatic carbocycles. The second-order valence-corrected chi connectivity index (χ2v) is 5.76. The van der Waals surface area contributed by atoms with Crippen LogP contribution in [0.25, 0.3) is 0 Å². The molecule has 6 heteroatoms. The van der Waals surface area contributed by atoms with Crippen LogP contribution < -0.4 is 5.32 Å². The summed E-state index contributed by atoms with van der Waals surface area (Å²) in [5.41, 5.74) is 0.268. The van der Waals surface area contributed by atoms with Crippen LogP contribution in [-0.4, -0.2) is 29.8 Å². The molecule has 0 atom stereocenters. The van der Waals surface area contributed by atoms with Crippen LogP contribution in [0.1, 0.15) is 44.0 Å². The second kappa shape index (κ2) is 8.89. The van der Waals surface area contributed by atoms with Crippen LogP contribution in [0.2, 0.25) is 0 Å². The standard InChI is InChI=1S/C17H22FN3O2/c1-12(2)7-10-21(9-4-8-19)17(23)14-5-6-15(18)16(11-14)20-13(3)22/h5-6,11-12H,4,7,9-10H2,1-3H3,(H,20,22). The van der Waals surface area contributed by atoms with Crippen molar-refractivity contribution in [3.05, 3.63) is 29.6 Å². The third-order valence-electron chi connectivity index (χ3n) is 3.28. The lowest BCUT2D eigenvalue weighted by molar-refractivity contribution is -0.114. The first-order valence-corrected chi connectivity index (χ1v) is 7.58. The van der Waals surface area contributed by atoms with Crippen LogP contribution >= 0.6 is 0 Å². The van der Waals surface area contributed by atoms with Gasteiger partial charge in [-0.1, -0.05) is 13.8 Å². The van der Waals surface area contributed by atoms with Gasteiger partial charge in [0.1, 0.15) is 5.82 Å². The van der Waals surface area contributed by atoms with E-state index in [1.807, 2.05) is 6.07 Å². The van der Waals surface area contributed by atoms with E-state index in [-0.39, 0.29) is 23.6 Å². The number of rotatable bonds is 7. The van der Waals surface area contributed by atoms with Crippen LogP contribution in [-0.2, 0) is 4.79 Å². The maximum atomic E-state index is 13.7. The molecule has 0 saturated heterocycles. The van der Waals surface area contributed by atoms with Gasteiger partial charge >= 0.3 is 0 Å². The van der Waals surface area contributed by atoms with Crippen molar-refractivity contribution in [3.63, 3.8) is 0 Å². The number of carbonyl (C=O) groups excluding carboxylic acids is 2. The summed E-state index contributed by atoms with van der Waals surface area (Å²) in [5.74, 6) is -0.847. The van der Waals surface area contributed by atoms with Gasteiger partial charge in [0.15, 0.2) is 0 Å². The number of hydrogen-bond acceptors (Lipinski definition) is 3. The number of amides is 2. The van der Waals surface area contributed by atoms with Gasteiger partial charge in [0.25, 0.3) is 5.91 Å². The molecule has 2 amide bonds. The van der Waals surface area contributed by atoms with Crippen molar-refractivity contribution in [1.82, 2.24) is 4.90 Å². The van der Waals surface area contributed by atoms with Crippen LogP contribution in [0, 0.1) is 23.1 Å². The van der Waals surface area contributed by atoms with E-state index in [4.69, 9.17) is 5.26 Å². The van der Waals surface area contributed by atoms with Gasteiger partial charge in [-0.15, -0.1) is 0 Å². The average molecular weight is 319 g/mol. The van der Waals surface area contributed by atoms with Crippen LogP contribution in [0.5, 0.6) is 0 Å². The Morgan fingerprint density at radius 2 is 2.04 bits per heavy atom. The summed E-state index contributed by atoms with van der Waals surface area (Å²) in [4.78, 5) is 25.3. The molecule has 124 valence electrons. The van der Waals surface area contributed by atoms with E-state index in [2.05, 4.69) is 19.2 Å². The topological polar surface area (TPSA) is 73.2 Å². The second-order valence-electron chi connectivity index (χ2n) is 5.76. The lowest BCUT2D eigenvalue weighted by Crippen LogP contribution is -2.33. The van der Waals surface area contributed by atoms with E-state index >= 15 is 0 Å². The highest BCUT2D eigenvalue weighted by Gasteiger charge is 2.17. The highest BCUT2D eigenvalue weighted by atomic mass is 19.1. The molecule has 1 aromatic rings. The van der Waals surface area contributed by atoms with E-state index in [1.54, 1.807) is 4.90 Å². The first kappa shape index (κ1) is 18.6. The van der Waals surface area contributed by atoms with E-state index in [0.29, 0.717) is 19.0 Å². The number of carbonyl (C=O) groups is 2. The van der Waals surface area contributed by atoms with Gasteiger partial charge < -0.3 is 10.2 Å². The van der Waals surface area contributed by atoms with Crippen molar-refractivity contribution in [3.8, 4) is 6.07 Å². The molecule has 0 fully saturated rings. The summed E-state index contributed by atoms with van der Waals surface area (Å²) < 4.78 is 13.7. The minimum atomic E-state index is -0.595. The fourth-order valence-corrected chi connectivity index (χ4v) is 2.04. The van der Waals surface area contributed by atoms with Crippen molar-refractivity contribution >= 4 is 17.5 Å². The largest absolute Gasteiger partial charge is 0.338 e. The molecule has 0 spiro atoms. The molecule has 0 aromatic heterocycles. The molecule has 1 aromatic carbocycles. The van der Waals surface area contributed by atoms with Crippen LogP contribution in [0.3, 0.4) is 0 Å². The molecular formula is C17H22FN3O2. The van der Waals surface area contributed by atoms with Crippen molar-refractivity contribution in [1.29, 1.82) is 5.26 Å². The van der Waals surface area contributed by atoms with Crippen LogP contribution in [0.4, 0.5) is 10.1 Å². The molecule has 0 saturated carbocycles. The zero-order valence-electron chi connectivity index (χ0n) is 13.7. The number of nitriles is 1. The number of nitrogens with one attached hydrogen (secondary N) is 1. The summed E-state index contributed by atoms with van der Waals surface area (Å²) in [6.07, 6.45) is 1.06. The highest BCUT2D eigenvalue weighted by Crippen LogP contribution is 2.18. The average Bonchev–Trinajstić information content (AvgIpc) is 2.48. The minimum absolute atomic E-state index is 0.0209. The molecule has 1 rings (SSSR count). The van der Waals surface area contributed by atoms with Crippen molar-refractivity contribution in [2.24, 2.45) is 5.92 Å². The molecule has 0 unspecified atom stereocenters. The normalized spacial score (nSPS) is 10.3. The summed E-state index contributed by atoms with van der Waals surface area (Å²) >= 11 is 0. The third-order valence-corrected chi connectivity index (χ3v) is 3.28. The van der Waals surface area contributed by atoms with E-state index in [0.717, 1.165) is 12.5 Å². The molecule has 0 bridgehead atoms. The lowest BCUT2D eigenvalue weighted by Gasteiger charge is -2.23. The lowest BCUT2D eigenvalue weighted by atomic mass is 10.1. The number of nitrogens with zero attached hydrogens (tertiary/aromatic N) is 2. The first-order chi connectivity index (χ1) is 10.8. The molecule has 0 aliphatic heterocycles. The van der Waals surface area contributed by atoms with Gasteiger partial charge in [-0.25, -0.2) is 4.39 Å². The molecule has 1 N–H and O–H groups in total. The van der Waals surface area contributed by atoms with E-state index in [1.165, 1.54) is 19.1 Å². The zero-order chi connectivity index (χ0) is 17.4. The Morgan fingerprint density at radius 1 is 1.35 bits per heavy atom. The van der Waals surface area contributed by atoms with Crippen molar-refractivity contribution in [2.75, 3.05) is 18.4 Å². The maximum Gasteiger partial charge on any atom is 0.253 e. The third kappa shape index (κ3) is 6.07. The van der Waals surface area contributed by atoms with Gasteiger partial charge in [0.2, 0.25) is 5.91 Å². The Hall–Kier alpha value is -2.42. The molecule has 0 aliphatic rings. The Morgan fingerprint density at radius 3 is 2.61 bits per heavy atom. The van der Waals surface area contributed by atoms with Gasteiger partial charge in [-0.05, 0) is 30.5 Å². The van der Waals surface area contributed by atoms with Crippen LogP contribution in [0.15, 0.2) is 18.2 Å². The SMILES string of the molecule is CC(=O)Nc1cc(C(=O)N(CCC#N)CCC(C)C)ccc1F. The Kier molecular flexibility index (Phi) is 7.20. The monoisotopic (exact) mass is 319 g/mol. The van der Waals surface area contributed by atoms with Gasteiger partial charge in [-0.3, -0.25) is 9.59 Å². The quantitative estimate of drug-likeness (QED) is 0.839. The van der Waals surface area contributed by atoms with Gasteiger partial charge in [-0.2, -0.15) is 5.26 Å². The highest BCUT2D eigenvalue weighted by molar-refractivity contribution is 5.96. The maximum absolute atomic E-state index is 13.7. The predicted molar refractivity (Wildman–Crippen MR) is 86.3 cm³/mol. The Bertz CT molecular complexity index is 608. The van der Waals surface area contributed by atoms with Crippen molar-refractivity contribution in [2.45, 2.75) is 33.6 Å². The van der Waals surface area contributed by atoms with Crippen molar-refractivity contribution < 1.29 is 14.0 Å². The number of halogens is 1. The minimum Gasteiger partial charge on any atom is -0.338 e. The molecular weight excluding hydrogens is 297 g/mol. The zero-order valence-corrected chi connectivity index (χ0v) is 13.7. The molecule has 0 radical (unpaired) electrons. The first-order valence-electron chi connectivity index (χ1n) is 7.58. The summed E-state index contributed by atoms with van der Waals surface area (Å²) in [5, 5.41) is 11.1. The predicted octanol–water partition coefficient (Wildman–Crippen LogP) is 3.19. The molecule has 23 heavy (non-hydrogen) atoms. The Labute approximate surface area is 136 Å². The molecule has 0 heterocycles. The van der Waals surface area contributed by atoms with Gasteiger partial charge in [0, 0.05) is 25.6 Å². The van der Waals surface area contributed by atoms with Gasteiger partial charge in [0.05, 0.1) is 18.2 Å². The summed E-state index contributed by atoms with van der Waals surface area (Å²) in [6.45, 7) is 6.25. The number of anilines is 1. The number of hydrogen-bond donors (Lipinski definition) is 1. The molecule has 5 nitrogen and oxygen atoms in total. The summed E-state index contributed by atoms with van der Waals surface area (Å²) in [7, 11) is 0. The van der Waals surface area contributed by atoms with E-state index in [9.17, 15) is 14.0 Å². The smallest absolute Gasteiger partial charge is 0.253 e. The fraction of sp³-hybridized carbons (Fsp3) is 0.471. The van der Waals surface area contributed by atoms with E-state index < -0.39 is 11.7 Å². The number of benzene rings is 1. The summed E-state index contributed by atoms with van der Waals surface area (Å²) in [6, 6.07) is 5.90.